The first-order valence-corrected chi connectivity index (χ1v) is 12.3. The molecule has 0 atom stereocenters. The van der Waals surface area contributed by atoms with Crippen molar-refractivity contribution < 1.29 is 4.79 Å². The van der Waals surface area contributed by atoms with E-state index in [0.717, 1.165) is 47.9 Å². The van der Waals surface area contributed by atoms with E-state index in [2.05, 4.69) is 28.5 Å². The maximum atomic E-state index is 13.2. The highest BCUT2D eigenvalue weighted by molar-refractivity contribution is 7.03. The Hall–Kier alpha value is -3.00. The van der Waals surface area contributed by atoms with Gasteiger partial charge in [0.15, 0.2) is 0 Å². The highest BCUT2D eigenvalue weighted by Crippen LogP contribution is 2.34. The third kappa shape index (κ3) is 5.33. The van der Waals surface area contributed by atoms with Crippen molar-refractivity contribution in [1.29, 1.82) is 0 Å². The summed E-state index contributed by atoms with van der Waals surface area (Å²) in [5.74, 6) is 0.285. The number of aryl methyl sites for hydroxylation is 1. The molecule has 8 heteroatoms. The minimum atomic E-state index is -0.490. The predicted molar refractivity (Wildman–Crippen MR) is 133 cm³/mol. The highest BCUT2D eigenvalue weighted by Gasteiger charge is 2.24. The Labute approximate surface area is 198 Å². The number of amides is 1. The highest BCUT2D eigenvalue weighted by atomic mass is 32.1. The van der Waals surface area contributed by atoms with Crippen molar-refractivity contribution in [2.24, 2.45) is 11.7 Å². The summed E-state index contributed by atoms with van der Waals surface area (Å²) >= 11 is 1.41. The average Bonchev–Trinajstić information content (AvgIpc) is 3.31. The quantitative estimate of drug-likeness (QED) is 0.532. The van der Waals surface area contributed by atoms with Crippen molar-refractivity contribution in [3.05, 3.63) is 63.3 Å². The van der Waals surface area contributed by atoms with Crippen LogP contribution in [0.3, 0.4) is 0 Å². The van der Waals surface area contributed by atoms with Crippen LogP contribution in [-0.2, 0) is 6.54 Å². The second-order valence-electron chi connectivity index (χ2n) is 9.40. The lowest BCUT2D eigenvalue weighted by molar-refractivity contribution is 0.0995. The second-order valence-corrected chi connectivity index (χ2v) is 10.1. The Kier molecular flexibility index (Phi) is 6.93. The third-order valence-corrected chi connectivity index (χ3v) is 6.89. The molecule has 1 amide bonds. The van der Waals surface area contributed by atoms with Crippen LogP contribution in [0, 0.1) is 12.8 Å². The number of rotatable bonds is 7. The maximum Gasteiger partial charge on any atom is 0.273 e. The molecular formula is C25H31N5O2S. The van der Waals surface area contributed by atoms with Gasteiger partial charge in [0.25, 0.3) is 11.5 Å². The molecular weight excluding hydrogens is 434 g/mol. The van der Waals surface area contributed by atoms with Gasteiger partial charge in [0.2, 0.25) is 0 Å². The van der Waals surface area contributed by atoms with Crippen LogP contribution in [0.1, 0.15) is 67.1 Å². The molecule has 0 saturated heterocycles. The molecule has 7 nitrogen and oxygen atoms in total. The zero-order valence-electron chi connectivity index (χ0n) is 19.4. The third-order valence-electron chi connectivity index (χ3n) is 6.30. The van der Waals surface area contributed by atoms with Gasteiger partial charge in [-0.05, 0) is 73.2 Å². The SMILES string of the molecule is Cc1cc([C@H]2CC[C@@H](Nc3cc(-c4cnsc4)cn(CC(C)C)c3=O)CC2)cnc1C(N)=O. The van der Waals surface area contributed by atoms with E-state index in [1.165, 1.54) is 11.5 Å². The van der Waals surface area contributed by atoms with Crippen molar-refractivity contribution in [3.63, 3.8) is 0 Å². The van der Waals surface area contributed by atoms with Crippen LogP contribution < -0.4 is 16.6 Å². The first-order chi connectivity index (χ1) is 15.8. The van der Waals surface area contributed by atoms with Crippen molar-refractivity contribution in [3.8, 4) is 11.1 Å². The van der Waals surface area contributed by atoms with E-state index in [9.17, 15) is 9.59 Å². The first-order valence-electron chi connectivity index (χ1n) is 11.5. The van der Waals surface area contributed by atoms with E-state index < -0.39 is 5.91 Å². The van der Waals surface area contributed by atoms with Gasteiger partial charge in [-0.1, -0.05) is 19.9 Å². The molecule has 3 aromatic heterocycles. The van der Waals surface area contributed by atoms with Crippen molar-refractivity contribution in [1.82, 2.24) is 13.9 Å². The maximum absolute atomic E-state index is 13.2. The number of carbonyl (C=O) groups excluding carboxylic acids is 1. The van der Waals surface area contributed by atoms with Crippen LogP contribution in [0.5, 0.6) is 0 Å². The summed E-state index contributed by atoms with van der Waals surface area (Å²) in [6.45, 7) is 6.79. The molecule has 0 unspecified atom stereocenters. The summed E-state index contributed by atoms with van der Waals surface area (Å²) in [5.41, 5.74) is 10.4. The lowest BCUT2D eigenvalue weighted by Gasteiger charge is -2.30. The van der Waals surface area contributed by atoms with Crippen LogP contribution in [-0.4, -0.2) is 25.9 Å². The van der Waals surface area contributed by atoms with E-state index in [1.807, 2.05) is 41.4 Å². The number of hydrogen-bond acceptors (Lipinski definition) is 6. The fraction of sp³-hybridized carbons (Fsp3) is 0.440. The number of nitrogens with two attached hydrogens (primary N) is 1. The van der Waals surface area contributed by atoms with Crippen molar-refractivity contribution in [2.75, 3.05) is 5.32 Å². The second kappa shape index (κ2) is 9.87. The summed E-state index contributed by atoms with van der Waals surface area (Å²) in [5, 5.41) is 5.55. The molecule has 3 heterocycles. The monoisotopic (exact) mass is 465 g/mol. The zero-order valence-corrected chi connectivity index (χ0v) is 20.2. The number of nitrogens with zero attached hydrogens (tertiary/aromatic N) is 3. The standard InChI is InChI=1S/C25H31N5O2S/c1-15(2)12-30-13-19(20-11-28-33-14-20)9-22(25(30)32)29-21-6-4-17(5-7-21)18-8-16(3)23(24(26)31)27-10-18/h8-11,13-15,17,21,29H,4-7,12H2,1-3H3,(H2,26,31)/t17-,21+. The molecule has 0 bridgehead atoms. The van der Waals surface area contributed by atoms with Crippen molar-refractivity contribution >= 4 is 23.1 Å². The lowest BCUT2D eigenvalue weighted by Crippen LogP contribution is -2.31. The molecule has 1 saturated carbocycles. The molecule has 0 radical (unpaired) electrons. The van der Waals surface area contributed by atoms with Gasteiger partial charge >= 0.3 is 0 Å². The fourth-order valence-corrected chi connectivity index (χ4v) is 5.19. The average molecular weight is 466 g/mol. The topological polar surface area (TPSA) is 103 Å². The van der Waals surface area contributed by atoms with Gasteiger partial charge in [0.1, 0.15) is 11.4 Å². The normalized spacial score (nSPS) is 18.4. The first kappa shape index (κ1) is 23.2. The molecule has 1 aliphatic rings. The minimum Gasteiger partial charge on any atom is -0.378 e. The van der Waals surface area contributed by atoms with E-state index in [0.29, 0.717) is 29.8 Å². The Bertz CT molecular complexity index is 1180. The van der Waals surface area contributed by atoms with Gasteiger partial charge in [-0.3, -0.25) is 14.6 Å². The zero-order chi connectivity index (χ0) is 23.5. The van der Waals surface area contributed by atoms with E-state index in [-0.39, 0.29) is 11.6 Å². The minimum absolute atomic E-state index is 0.0274. The smallest absolute Gasteiger partial charge is 0.273 e. The molecule has 3 aromatic rings. The molecule has 0 aliphatic heterocycles. The van der Waals surface area contributed by atoms with Crippen LogP contribution in [0.4, 0.5) is 5.69 Å². The predicted octanol–water partition coefficient (Wildman–Crippen LogP) is 4.57. The molecule has 0 aromatic carbocycles. The number of hydrogen-bond donors (Lipinski definition) is 2. The summed E-state index contributed by atoms with van der Waals surface area (Å²) in [6.07, 6.45) is 9.52. The Balaban J connectivity index is 1.49. The number of primary amides is 1. The summed E-state index contributed by atoms with van der Waals surface area (Å²) in [7, 11) is 0. The lowest BCUT2D eigenvalue weighted by atomic mass is 9.82. The van der Waals surface area contributed by atoms with Gasteiger partial charge in [-0.25, -0.2) is 4.37 Å². The van der Waals surface area contributed by atoms with Crippen LogP contribution in [0.15, 0.2) is 40.9 Å². The summed E-state index contributed by atoms with van der Waals surface area (Å²) in [4.78, 5) is 28.9. The molecule has 3 N–H and O–H groups in total. The van der Waals surface area contributed by atoms with Gasteiger partial charge in [0, 0.05) is 47.7 Å². The number of carbonyl (C=O) groups is 1. The largest absolute Gasteiger partial charge is 0.378 e. The number of nitrogens with one attached hydrogen (secondary N) is 1. The summed E-state index contributed by atoms with van der Waals surface area (Å²) < 4.78 is 6.04. The molecule has 174 valence electrons. The number of pyridine rings is 2. The van der Waals surface area contributed by atoms with E-state index in [4.69, 9.17) is 5.73 Å². The number of aromatic nitrogens is 3. The van der Waals surface area contributed by atoms with Gasteiger partial charge < -0.3 is 15.6 Å². The molecule has 1 aliphatic carbocycles. The molecule has 0 spiro atoms. The van der Waals surface area contributed by atoms with Gasteiger partial charge in [0.05, 0.1) is 0 Å². The van der Waals surface area contributed by atoms with Crippen LogP contribution in [0.2, 0.25) is 0 Å². The van der Waals surface area contributed by atoms with Gasteiger partial charge in [-0.15, -0.1) is 0 Å². The Morgan fingerprint density at radius 1 is 1.21 bits per heavy atom. The Morgan fingerprint density at radius 3 is 2.58 bits per heavy atom. The number of anilines is 1. The van der Waals surface area contributed by atoms with Crippen LogP contribution in [0.25, 0.3) is 11.1 Å². The van der Waals surface area contributed by atoms with E-state index in [1.54, 1.807) is 6.20 Å². The summed E-state index contributed by atoms with van der Waals surface area (Å²) in [6, 6.07) is 4.25. The fourth-order valence-electron chi connectivity index (χ4n) is 4.64. The molecule has 1 fully saturated rings. The molecule has 33 heavy (non-hydrogen) atoms. The van der Waals surface area contributed by atoms with E-state index >= 15 is 0 Å². The Morgan fingerprint density at radius 2 is 1.97 bits per heavy atom. The van der Waals surface area contributed by atoms with Gasteiger partial charge in [-0.2, -0.15) is 0 Å². The van der Waals surface area contributed by atoms with Crippen molar-refractivity contribution in [2.45, 2.75) is 65.0 Å². The molecule has 4 rings (SSSR count). The van der Waals surface area contributed by atoms with Crippen LogP contribution >= 0.6 is 11.5 Å².